The lowest BCUT2D eigenvalue weighted by molar-refractivity contribution is -0.148. The first-order valence-electron chi connectivity index (χ1n) is 29.4. The highest BCUT2D eigenvalue weighted by Crippen LogP contribution is 2.27. The van der Waals surface area contributed by atoms with Gasteiger partial charge in [0, 0.05) is 38.0 Å². The van der Waals surface area contributed by atoms with Crippen LogP contribution in [-0.2, 0) is 56.0 Å². The number of carbonyl (C=O) groups is 9. The number of nitrogens with one attached hydrogen (secondary N) is 6. The molecule has 444 valence electrons. The van der Waals surface area contributed by atoms with Crippen molar-refractivity contribution in [3.63, 3.8) is 0 Å². The van der Waals surface area contributed by atoms with Crippen LogP contribution >= 0.6 is 0 Å². The van der Waals surface area contributed by atoms with E-state index in [1.165, 1.54) is 4.90 Å². The van der Waals surface area contributed by atoms with Crippen molar-refractivity contribution in [2.75, 3.05) is 13.1 Å². The Morgan fingerprint density at radius 1 is 0.562 bits per heavy atom. The van der Waals surface area contributed by atoms with E-state index in [0.29, 0.717) is 57.9 Å². The number of amides is 8. The molecule has 19 heteroatoms. The van der Waals surface area contributed by atoms with Crippen LogP contribution in [0.3, 0.4) is 0 Å². The van der Waals surface area contributed by atoms with Crippen LogP contribution < -0.4 is 37.6 Å². The van der Waals surface area contributed by atoms with Gasteiger partial charge in [-0.2, -0.15) is 0 Å². The number of aliphatic carboxylic acids is 1. The molecule has 0 aliphatic carbocycles. The summed E-state index contributed by atoms with van der Waals surface area (Å²) in [5, 5.41) is 27.2. The summed E-state index contributed by atoms with van der Waals surface area (Å²) in [6, 6.07) is 11.6. The minimum Gasteiger partial charge on any atom is -0.480 e. The summed E-state index contributed by atoms with van der Waals surface area (Å²) < 4.78 is 0. The average Bonchev–Trinajstić information content (AvgIpc) is 4.16. The predicted octanol–water partition coefficient (Wildman–Crippen LogP) is 5.18. The maximum absolute atomic E-state index is 14.7. The molecule has 19 nitrogen and oxygen atoms in total. The van der Waals surface area contributed by atoms with Gasteiger partial charge in [0.2, 0.25) is 47.3 Å². The number of hydrogen-bond donors (Lipinski definition) is 8. The number of carboxylic acids is 1. The predicted molar refractivity (Wildman–Crippen MR) is 308 cm³/mol. The fourth-order valence-corrected chi connectivity index (χ4v) is 10.6. The van der Waals surface area contributed by atoms with Crippen LogP contribution in [0.2, 0.25) is 0 Å². The number of rotatable bonds is 32. The maximum atomic E-state index is 14.7. The van der Waals surface area contributed by atoms with Crippen molar-refractivity contribution >= 4 is 53.2 Å². The van der Waals surface area contributed by atoms with Gasteiger partial charge in [0.25, 0.3) is 0 Å². The number of carboxylic acid groups (broad SMARTS) is 1. The molecular weight excluding hydrogens is 1020 g/mol. The van der Waals surface area contributed by atoms with Crippen molar-refractivity contribution in [3.8, 4) is 0 Å². The van der Waals surface area contributed by atoms with Gasteiger partial charge in [-0.3, -0.25) is 38.4 Å². The lowest BCUT2D eigenvalue weighted by Gasteiger charge is -2.35. The third kappa shape index (κ3) is 20.6. The number of carbonyl (C=O) groups excluding carboxylic acids is 8. The lowest BCUT2D eigenvalue weighted by Crippen LogP contribution is -2.61. The van der Waals surface area contributed by atoms with Crippen molar-refractivity contribution in [1.29, 1.82) is 0 Å². The summed E-state index contributed by atoms with van der Waals surface area (Å²) in [5.74, 6) is -5.27. The number of hydrogen-bond acceptors (Lipinski definition) is 10. The highest BCUT2D eigenvalue weighted by atomic mass is 16.4. The summed E-state index contributed by atoms with van der Waals surface area (Å²) in [6.45, 7) is 19.3. The third-order valence-electron chi connectivity index (χ3n) is 15.7. The summed E-state index contributed by atoms with van der Waals surface area (Å²) in [4.78, 5) is 127. The molecule has 2 aliphatic rings. The normalized spacial score (nSPS) is 18.7. The van der Waals surface area contributed by atoms with Gasteiger partial charge in [0.1, 0.15) is 36.3 Å². The van der Waals surface area contributed by atoms with Gasteiger partial charge in [0.15, 0.2) is 0 Å². The van der Waals surface area contributed by atoms with E-state index >= 15 is 0 Å². The van der Waals surface area contributed by atoms with Crippen LogP contribution in [0.4, 0.5) is 0 Å². The first kappa shape index (κ1) is 66.1. The van der Waals surface area contributed by atoms with E-state index in [1.54, 1.807) is 18.7 Å². The van der Waals surface area contributed by atoms with Crippen molar-refractivity contribution < 1.29 is 48.3 Å². The van der Waals surface area contributed by atoms with Crippen LogP contribution in [0.1, 0.15) is 157 Å². The second-order valence-corrected chi connectivity index (χ2v) is 23.6. The van der Waals surface area contributed by atoms with E-state index in [4.69, 9.17) is 5.73 Å². The molecule has 11 atom stereocenters. The highest BCUT2D eigenvalue weighted by Gasteiger charge is 2.45. The highest BCUT2D eigenvalue weighted by molar-refractivity contribution is 5.97. The van der Waals surface area contributed by atoms with Crippen LogP contribution in [0.5, 0.6) is 0 Å². The zero-order chi connectivity index (χ0) is 59.2. The smallest absolute Gasteiger partial charge is 0.326 e. The third-order valence-corrected chi connectivity index (χ3v) is 15.7. The molecule has 2 aromatic rings. The van der Waals surface area contributed by atoms with Crippen LogP contribution in [0, 0.1) is 29.6 Å². The zero-order valence-corrected chi connectivity index (χ0v) is 49.3. The molecular formula is C61H95N9O10. The molecule has 0 spiro atoms. The second kappa shape index (κ2) is 32.8. The van der Waals surface area contributed by atoms with E-state index in [2.05, 4.69) is 31.9 Å². The minimum atomic E-state index is -1.10. The van der Waals surface area contributed by atoms with Gasteiger partial charge in [-0.25, -0.2) is 4.79 Å². The molecule has 0 radical (unpaired) electrons. The van der Waals surface area contributed by atoms with Gasteiger partial charge in [0.05, 0.1) is 6.04 Å². The summed E-state index contributed by atoms with van der Waals surface area (Å²) in [6.07, 6.45) is 5.07. The van der Waals surface area contributed by atoms with Crippen LogP contribution in [0.25, 0.3) is 0 Å². The fourth-order valence-electron chi connectivity index (χ4n) is 10.6. The van der Waals surface area contributed by atoms with Gasteiger partial charge < -0.3 is 52.5 Å². The van der Waals surface area contributed by atoms with Gasteiger partial charge in [-0.1, -0.05) is 143 Å². The van der Waals surface area contributed by atoms with Gasteiger partial charge >= 0.3 is 5.97 Å². The number of likely N-dealkylation sites (tertiary alicyclic amines) is 2. The Bertz CT molecular complexity index is 2350. The number of benzene rings is 2. The standard InChI is InChI=1S/C61H95N9O10/c1-11-40(9)52(62)57(75)68-54(41(10)12-2)58(76)66-46(33-37(3)4)55(73)67-53(39(7)8)60(78)70-32-20-26-49(70)59(77)69-31-19-25-48(69)56(74)64-45(36-43-23-17-14-18-24-43)28-29-50(71)63-44(35-42-21-15-13-16-22-42)27-30-51(72)65-47(61(79)80)34-38(5)6/h13-18,21-24,37-41,44-49,52-54H,11-12,19-20,25-36,62H2,1-10H3,(H,63,71)(H,64,74)(H,65,72)(H,66,76)(H,67,73)(H,68,75)(H,79,80)/t40-,41-,44-,45-,46-,47-,48-,49-,52-,53-,54-/m0/s1. The number of nitrogens with two attached hydrogens (primary N) is 1. The molecule has 2 saturated heterocycles. The molecule has 2 aromatic carbocycles. The topological polar surface area (TPSA) is 279 Å². The van der Waals surface area contributed by atoms with E-state index in [0.717, 1.165) is 11.1 Å². The minimum absolute atomic E-state index is 0.00294. The van der Waals surface area contributed by atoms with Gasteiger partial charge in [-0.15, -0.1) is 0 Å². The van der Waals surface area contributed by atoms with Gasteiger partial charge in [-0.05, 0) is 105 Å². The lowest BCUT2D eigenvalue weighted by atomic mass is 9.94. The van der Waals surface area contributed by atoms with E-state index in [-0.39, 0.29) is 86.5 Å². The first-order chi connectivity index (χ1) is 37.9. The van der Waals surface area contributed by atoms with Crippen molar-refractivity contribution in [3.05, 3.63) is 71.8 Å². The Balaban J connectivity index is 1.46. The van der Waals surface area contributed by atoms with Crippen LogP contribution in [-0.4, -0.2) is 136 Å². The Morgan fingerprint density at radius 3 is 1.56 bits per heavy atom. The fraction of sp³-hybridized carbons (Fsp3) is 0.656. The largest absolute Gasteiger partial charge is 0.480 e. The Kier molecular flexibility index (Phi) is 27.1. The molecule has 0 unspecified atom stereocenters. The molecule has 2 aliphatic heterocycles. The van der Waals surface area contributed by atoms with Crippen molar-refractivity contribution in [2.45, 2.75) is 214 Å². The molecule has 8 amide bonds. The molecule has 80 heavy (non-hydrogen) atoms. The molecule has 2 fully saturated rings. The second-order valence-electron chi connectivity index (χ2n) is 23.6. The monoisotopic (exact) mass is 1110 g/mol. The van der Waals surface area contributed by atoms with E-state index in [9.17, 15) is 48.3 Å². The molecule has 9 N–H and O–H groups in total. The Labute approximate surface area is 475 Å². The molecule has 4 rings (SSSR count). The van der Waals surface area contributed by atoms with E-state index < -0.39 is 95.8 Å². The first-order valence-corrected chi connectivity index (χ1v) is 29.4. The Morgan fingerprint density at radius 2 is 1.05 bits per heavy atom. The Hall–Kier alpha value is -6.37. The van der Waals surface area contributed by atoms with Crippen LogP contribution in [0.15, 0.2) is 60.7 Å². The molecule has 0 bridgehead atoms. The summed E-state index contributed by atoms with van der Waals surface area (Å²) in [7, 11) is 0. The quantitative estimate of drug-likeness (QED) is 0.0473. The molecule has 2 heterocycles. The SMILES string of the molecule is CC[C@H](C)[C@H](N)C(=O)N[C@H](C(=O)N[C@@H](CC(C)C)C(=O)N[C@H](C(=O)N1CCC[C@H]1C(=O)N1CCC[C@H]1C(=O)N[C@@H](CCC(=O)N[C@@H](CCC(=O)N[C@@H](CC(C)C)C(=O)O)Cc1ccccc1)Cc1ccccc1)C(C)C)[C@@H](C)CC. The molecule has 0 saturated carbocycles. The molecule has 0 aromatic heterocycles. The van der Waals surface area contributed by atoms with Crippen molar-refractivity contribution in [2.24, 2.45) is 35.3 Å². The van der Waals surface area contributed by atoms with E-state index in [1.807, 2.05) is 116 Å². The zero-order valence-electron chi connectivity index (χ0n) is 49.3. The number of nitrogens with zero attached hydrogens (tertiary/aromatic N) is 2. The average molecular weight is 1110 g/mol. The summed E-state index contributed by atoms with van der Waals surface area (Å²) >= 11 is 0. The van der Waals surface area contributed by atoms with Crippen molar-refractivity contribution in [1.82, 2.24) is 41.7 Å². The summed E-state index contributed by atoms with van der Waals surface area (Å²) in [5.41, 5.74) is 8.12. The maximum Gasteiger partial charge on any atom is 0.326 e.